The summed E-state index contributed by atoms with van der Waals surface area (Å²) in [4.78, 5) is 0. The molecule has 0 aromatic rings. The average Bonchev–Trinajstić information content (AvgIpc) is 2.16. The maximum atomic E-state index is 9.35. The molecule has 1 aliphatic carbocycles. The van der Waals surface area contributed by atoms with Crippen LogP contribution in [0.25, 0.3) is 0 Å². The molecule has 0 saturated heterocycles. The molecular weight excluding hydrogens is 200 g/mol. The van der Waals surface area contributed by atoms with Crippen molar-refractivity contribution < 1.29 is 5.11 Å². The first-order chi connectivity index (χ1) is 7.01. The average molecular weight is 224 g/mol. The van der Waals surface area contributed by atoms with E-state index >= 15 is 0 Å². The van der Waals surface area contributed by atoms with Crippen LogP contribution in [0.5, 0.6) is 0 Å². The van der Waals surface area contributed by atoms with Crippen LogP contribution in [0, 0.1) is 0 Å². The molecule has 0 amide bonds. The highest BCUT2D eigenvalue weighted by molar-refractivity contribution is 6.76. The molecule has 15 heavy (non-hydrogen) atoms. The third-order valence-electron chi connectivity index (χ3n) is 2.68. The van der Waals surface area contributed by atoms with Crippen molar-refractivity contribution in [2.24, 2.45) is 0 Å². The van der Waals surface area contributed by atoms with Crippen LogP contribution >= 0.6 is 0 Å². The molecule has 2 heteroatoms. The maximum Gasteiger partial charge on any atom is 0.0642 e. The quantitative estimate of drug-likeness (QED) is 0.721. The van der Waals surface area contributed by atoms with Crippen molar-refractivity contribution in [2.45, 2.75) is 51.4 Å². The van der Waals surface area contributed by atoms with Gasteiger partial charge in [0.1, 0.15) is 0 Å². The van der Waals surface area contributed by atoms with Crippen LogP contribution in [0.2, 0.25) is 25.7 Å². The standard InChI is InChI=1S/C13H24OSi/c1-15(2,3)11-13(10-14)9-12-7-5-4-6-8-12/h7,9,14H,4-6,8,10-11H2,1-3H3/b13-9-. The van der Waals surface area contributed by atoms with Crippen molar-refractivity contribution in [1.82, 2.24) is 0 Å². The Morgan fingerprint density at radius 3 is 2.60 bits per heavy atom. The molecule has 0 aromatic carbocycles. The minimum atomic E-state index is -1.08. The molecule has 0 saturated carbocycles. The summed E-state index contributed by atoms with van der Waals surface area (Å²) in [6.45, 7) is 7.30. The van der Waals surface area contributed by atoms with Crippen LogP contribution in [-0.4, -0.2) is 19.8 Å². The van der Waals surface area contributed by atoms with E-state index in [1.165, 1.54) is 36.8 Å². The smallest absolute Gasteiger partial charge is 0.0642 e. The van der Waals surface area contributed by atoms with Crippen LogP contribution < -0.4 is 0 Å². The molecule has 0 radical (unpaired) electrons. The largest absolute Gasteiger partial charge is 0.392 e. The molecule has 1 N–H and O–H groups in total. The predicted molar refractivity (Wildman–Crippen MR) is 69.9 cm³/mol. The van der Waals surface area contributed by atoms with Crippen molar-refractivity contribution in [3.63, 3.8) is 0 Å². The van der Waals surface area contributed by atoms with E-state index in [1.54, 1.807) is 0 Å². The Balaban J connectivity index is 2.64. The third kappa shape index (κ3) is 5.33. The molecule has 1 nitrogen and oxygen atoms in total. The van der Waals surface area contributed by atoms with E-state index in [4.69, 9.17) is 0 Å². The zero-order chi connectivity index (χ0) is 11.3. The van der Waals surface area contributed by atoms with Gasteiger partial charge in [0.15, 0.2) is 0 Å². The second-order valence-electron chi connectivity index (χ2n) is 5.72. The number of hydrogen-bond acceptors (Lipinski definition) is 1. The van der Waals surface area contributed by atoms with Crippen molar-refractivity contribution in [2.75, 3.05) is 6.61 Å². The van der Waals surface area contributed by atoms with Crippen LogP contribution in [0.15, 0.2) is 23.3 Å². The van der Waals surface area contributed by atoms with Crippen LogP contribution in [0.1, 0.15) is 25.7 Å². The normalized spacial score (nSPS) is 18.9. The fourth-order valence-electron chi connectivity index (χ4n) is 2.09. The summed E-state index contributed by atoms with van der Waals surface area (Å²) < 4.78 is 0. The Bertz CT molecular complexity index is 258. The van der Waals surface area contributed by atoms with Crippen molar-refractivity contribution >= 4 is 8.07 Å². The first-order valence-corrected chi connectivity index (χ1v) is 9.71. The van der Waals surface area contributed by atoms with Gasteiger partial charge in [-0.25, -0.2) is 0 Å². The summed E-state index contributed by atoms with van der Waals surface area (Å²) in [6.07, 6.45) is 9.65. The van der Waals surface area contributed by atoms with Gasteiger partial charge in [-0.05, 0) is 37.3 Å². The molecule has 1 rings (SSSR count). The second kappa shape index (κ2) is 5.66. The van der Waals surface area contributed by atoms with Gasteiger partial charge in [0, 0.05) is 8.07 Å². The lowest BCUT2D eigenvalue weighted by atomic mass is 9.98. The zero-order valence-corrected chi connectivity index (χ0v) is 11.3. The summed E-state index contributed by atoms with van der Waals surface area (Å²) in [5.41, 5.74) is 2.69. The Morgan fingerprint density at radius 1 is 1.40 bits per heavy atom. The SMILES string of the molecule is C[Si](C)(C)C/C(=C\C1=CCCCC1)CO. The molecule has 0 fully saturated rings. The number of rotatable bonds is 4. The van der Waals surface area contributed by atoms with Gasteiger partial charge in [0.25, 0.3) is 0 Å². The van der Waals surface area contributed by atoms with Gasteiger partial charge in [-0.2, -0.15) is 0 Å². The number of aliphatic hydroxyl groups is 1. The lowest BCUT2D eigenvalue weighted by Crippen LogP contribution is -2.21. The lowest BCUT2D eigenvalue weighted by Gasteiger charge is -2.18. The Morgan fingerprint density at radius 2 is 2.13 bits per heavy atom. The first kappa shape index (κ1) is 12.7. The van der Waals surface area contributed by atoms with Gasteiger partial charge in [0.05, 0.1) is 6.61 Å². The van der Waals surface area contributed by atoms with Gasteiger partial charge in [-0.3, -0.25) is 0 Å². The van der Waals surface area contributed by atoms with Gasteiger partial charge in [0.2, 0.25) is 0 Å². The van der Waals surface area contributed by atoms with Gasteiger partial charge in [-0.15, -0.1) is 0 Å². The summed E-state index contributed by atoms with van der Waals surface area (Å²) >= 11 is 0. The summed E-state index contributed by atoms with van der Waals surface area (Å²) in [5, 5.41) is 9.35. The number of hydrogen-bond donors (Lipinski definition) is 1. The molecule has 0 aliphatic heterocycles. The molecular formula is C13H24OSi. The van der Waals surface area contributed by atoms with Gasteiger partial charge >= 0.3 is 0 Å². The highest BCUT2D eigenvalue weighted by Crippen LogP contribution is 2.22. The molecule has 0 atom stereocenters. The van der Waals surface area contributed by atoms with Crippen molar-refractivity contribution in [3.05, 3.63) is 23.3 Å². The number of allylic oxidation sites excluding steroid dienone is 3. The van der Waals surface area contributed by atoms with Crippen molar-refractivity contribution in [1.29, 1.82) is 0 Å². The molecule has 1 aliphatic rings. The minimum Gasteiger partial charge on any atom is -0.392 e. The molecule has 0 unspecified atom stereocenters. The van der Waals surface area contributed by atoms with E-state index in [-0.39, 0.29) is 6.61 Å². The number of aliphatic hydroxyl groups excluding tert-OH is 1. The third-order valence-corrected chi connectivity index (χ3v) is 4.19. The molecule has 0 spiro atoms. The molecule has 0 heterocycles. The Labute approximate surface area is 94.9 Å². The van der Waals surface area contributed by atoms with Crippen LogP contribution in [0.3, 0.4) is 0 Å². The van der Waals surface area contributed by atoms with E-state index in [2.05, 4.69) is 31.8 Å². The zero-order valence-electron chi connectivity index (χ0n) is 10.3. The lowest BCUT2D eigenvalue weighted by molar-refractivity contribution is 0.331. The molecule has 86 valence electrons. The maximum absolute atomic E-state index is 9.35. The summed E-state index contributed by atoms with van der Waals surface area (Å²) in [5.74, 6) is 0. The highest BCUT2D eigenvalue weighted by Gasteiger charge is 2.15. The second-order valence-corrected chi connectivity index (χ2v) is 11.2. The fraction of sp³-hybridized carbons (Fsp3) is 0.692. The minimum absolute atomic E-state index is 0.238. The van der Waals surface area contributed by atoms with E-state index in [0.29, 0.717) is 0 Å². The fourth-order valence-corrected chi connectivity index (χ4v) is 3.67. The van der Waals surface area contributed by atoms with Gasteiger partial charge in [-0.1, -0.05) is 37.4 Å². The molecule has 0 aromatic heterocycles. The Kier molecular flexibility index (Phi) is 4.80. The summed E-state index contributed by atoms with van der Waals surface area (Å²) in [6, 6.07) is 1.13. The summed E-state index contributed by atoms with van der Waals surface area (Å²) in [7, 11) is -1.08. The van der Waals surface area contributed by atoms with E-state index in [1.807, 2.05) is 0 Å². The van der Waals surface area contributed by atoms with E-state index in [9.17, 15) is 5.11 Å². The first-order valence-electron chi connectivity index (χ1n) is 6.00. The van der Waals surface area contributed by atoms with E-state index < -0.39 is 8.07 Å². The van der Waals surface area contributed by atoms with E-state index in [0.717, 1.165) is 6.04 Å². The Hall–Kier alpha value is -0.343. The van der Waals surface area contributed by atoms with Crippen molar-refractivity contribution in [3.8, 4) is 0 Å². The van der Waals surface area contributed by atoms with Crippen LogP contribution in [0.4, 0.5) is 0 Å². The predicted octanol–water partition coefficient (Wildman–Crippen LogP) is 3.74. The van der Waals surface area contributed by atoms with Crippen LogP contribution in [-0.2, 0) is 0 Å². The topological polar surface area (TPSA) is 20.2 Å². The van der Waals surface area contributed by atoms with Gasteiger partial charge < -0.3 is 5.11 Å². The molecule has 0 bridgehead atoms. The highest BCUT2D eigenvalue weighted by atomic mass is 28.3. The monoisotopic (exact) mass is 224 g/mol.